The van der Waals surface area contributed by atoms with Crippen LogP contribution in [0, 0.1) is 5.92 Å². The topological polar surface area (TPSA) is 93.3 Å². The summed E-state index contributed by atoms with van der Waals surface area (Å²) in [6.07, 6.45) is 8.51. The number of likely N-dealkylation sites (tertiary alicyclic amines) is 1. The summed E-state index contributed by atoms with van der Waals surface area (Å²) in [5.41, 5.74) is 2.29. The number of carbonyl (C=O) groups excluding carboxylic acids is 2. The van der Waals surface area contributed by atoms with Gasteiger partial charge in [0.25, 0.3) is 5.91 Å². The van der Waals surface area contributed by atoms with E-state index in [1.54, 1.807) is 15.8 Å². The van der Waals surface area contributed by atoms with Crippen molar-refractivity contribution in [3.05, 3.63) is 35.5 Å². The van der Waals surface area contributed by atoms with Gasteiger partial charge >= 0.3 is 0 Å². The Bertz CT molecular complexity index is 822. The Morgan fingerprint density at radius 1 is 1.35 bits per heavy atom. The van der Waals surface area contributed by atoms with Crippen molar-refractivity contribution in [2.75, 3.05) is 13.6 Å². The van der Waals surface area contributed by atoms with E-state index in [0.717, 1.165) is 30.5 Å². The molecule has 0 unspecified atom stereocenters. The van der Waals surface area contributed by atoms with Crippen molar-refractivity contribution in [1.29, 1.82) is 0 Å². The number of aryl methyl sites for hydroxylation is 1. The molecule has 0 radical (unpaired) electrons. The van der Waals surface area contributed by atoms with Gasteiger partial charge in [-0.05, 0) is 19.3 Å². The van der Waals surface area contributed by atoms with E-state index >= 15 is 0 Å². The molecule has 2 aliphatic rings. The molecule has 0 spiro atoms. The lowest BCUT2D eigenvalue weighted by molar-refractivity contribution is -0.136. The van der Waals surface area contributed by atoms with Gasteiger partial charge in [0.05, 0.1) is 17.9 Å². The van der Waals surface area contributed by atoms with Gasteiger partial charge in [0, 0.05) is 50.7 Å². The van der Waals surface area contributed by atoms with Gasteiger partial charge in [-0.1, -0.05) is 5.16 Å². The first-order valence-corrected chi connectivity index (χ1v) is 9.01. The van der Waals surface area contributed by atoms with E-state index in [0.29, 0.717) is 24.4 Å². The average molecular weight is 357 g/mol. The first kappa shape index (κ1) is 16.8. The van der Waals surface area contributed by atoms with Crippen LogP contribution in [-0.4, -0.2) is 45.2 Å². The lowest BCUT2D eigenvalue weighted by atomic mass is 9.85. The van der Waals surface area contributed by atoms with Gasteiger partial charge in [0.2, 0.25) is 5.91 Å². The SMILES string of the molecule is CN1C(=O)CC[C@H](CNC(=O)c2conc2C2CC2)[C@H]1c1cnn(C)c1. The molecule has 2 aromatic rings. The molecule has 0 bridgehead atoms. The van der Waals surface area contributed by atoms with E-state index in [-0.39, 0.29) is 23.8 Å². The molecular weight excluding hydrogens is 334 g/mol. The molecule has 2 atom stereocenters. The molecule has 1 aliphatic carbocycles. The molecule has 2 aromatic heterocycles. The predicted molar refractivity (Wildman–Crippen MR) is 92.3 cm³/mol. The smallest absolute Gasteiger partial charge is 0.256 e. The Kier molecular flexibility index (Phi) is 4.26. The Balaban J connectivity index is 1.47. The molecular formula is C18H23N5O3. The van der Waals surface area contributed by atoms with Crippen LogP contribution in [0.4, 0.5) is 0 Å². The van der Waals surface area contributed by atoms with Crippen LogP contribution in [0.2, 0.25) is 0 Å². The van der Waals surface area contributed by atoms with Crippen molar-refractivity contribution < 1.29 is 14.1 Å². The van der Waals surface area contributed by atoms with Crippen LogP contribution in [0.5, 0.6) is 0 Å². The average Bonchev–Trinajstić information content (AvgIpc) is 3.19. The minimum absolute atomic E-state index is 0.0874. The zero-order valence-electron chi connectivity index (χ0n) is 15.0. The number of piperidine rings is 1. The number of hydrogen-bond acceptors (Lipinski definition) is 5. The highest BCUT2D eigenvalue weighted by atomic mass is 16.5. The maximum atomic E-state index is 12.6. The van der Waals surface area contributed by atoms with Crippen molar-refractivity contribution in [3.8, 4) is 0 Å². The van der Waals surface area contributed by atoms with Gasteiger partial charge in [-0.25, -0.2) is 0 Å². The molecule has 2 fully saturated rings. The predicted octanol–water partition coefficient (Wildman–Crippen LogP) is 1.62. The van der Waals surface area contributed by atoms with Crippen LogP contribution >= 0.6 is 0 Å². The van der Waals surface area contributed by atoms with E-state index in [1.165, 1.54) is 6.26 Å². The van der Waals surface area contributed by atoms with E-state index in [4.69, 9.17) is 4.52 Å². The number of rotatable bonds is 5. The maximum absolute atomic E-state index is 12.6. The summed E-state index contributed by atoms with van der Waals surface area (Å²) in [6, 6.07) is -0.0874. The Labute approximate surface area is 151 Å². The van der Waals surface area contributed by atoms with Crippen molar-refractivity contribution in [2.24, 2.45) is 13.0 Å². The zero-order valence-corrected chi connectivity index (χ0v) is 15.0. The standard InChI is InChI=1S/C18H23N5O3/c1-22-9-13(8-20-22)17-12(5-6-15(24)23(17)2)7-19-18(25)14-10-26-21-16(14)11-3-4-11/h8-12,17H,3-7H2,1-2H3,(H,19,25)/t12-,17+/m1/s1. The minimum atomic E-state index is -0.155. The quantitative estimate of drug-likeness (QED) is 0.878. The molecule has 8 nitrogen and oxygen atoms in total. The molecule has 1 N–H and O–H groups in total. The summed E-state index contributed by atoms with van der Waals surface area (Å²) < 4.78 is 6.74. The van der Waals surface area contributed by atoms with Crippen LogP contribution in [0.1, 0.15) is 59.3 Å². The monoisotopic (exact) mass is 357 g/mol. The first-order valence-electron chi connectivity index (χ1n) is 9.01. The third-order valence-corrected chi connectivity index (χ3v) is 5.38. The number of nitrogens with zero attached hydrogens (tertiary/aromatic N) is 4. The zero-order chi connectivity index (χ0) is 18.3. The third kappa shape index (κ3) is 3.11. The number of hydrogen-bond donors (Lipinski definition) is 1. The van der Waals surface area contributed by atoms with Gasteiger partial charge < -0.3 is 14.7 Å². The molecule has 2 amide bonds. The normalized spacial score (nSPS) is 23.3. The molecule has 26 heavy (non-hydrogen) atoms. The fourth-order valence-electron chi connectivity index (χ4n) is 3.80. The second kappa shape index (κ2) is 6.59. The van der Waals surface area contributed by atoms with Crippen LogP contribution in [-0.2, 0) is 11.8 Å². The van der Waals surface area contributed by atoms with Gasteiger partial charge in [0.15, 0.2) is 0 Å². The third-order valence-electron chi connectivity index (χ3n) is 5.38. The molecule has 0 aromatic carbocycles. The molecule has 138 valence electrons. The highest BCUT2D eigenvalue weighted by Gasteiger charge is 2.36. The van der Waals surface area contributed by atoms with Gasteiger partial charge in [-0.15, -0.1) is 0 Å². The van der Waals surface area contributed by atoms with E-state index in [9.17, 15) is 9.59 Å². The molecule has 1 aliphatic heterocycles. The van der Waals surface area contributed by atoms with Crippen molar-refractivity contribution in [1.82, 2.24) is 25.2 Å². The second-order valence-electron chi connectivity index (χ2n) is 7.29. The fraction of sp³-hybridized carbons (Fsp3) is 0.556. The largest absolute Gasteiger partial charge is 0.364 e. The van der Waals surface area contributed by atoms with Crippen LogP contribution < -0.4 is 5.32 Å². The fourth-order valence-corrected chi connectivity index (χ4v) is 3.80. The highest BCUT2D eigenvalue weighted by Crippen LogP contribution is 2.41. The first-order chi connectivity index (χ1) is 12.5. The maximum Gasteiger partial charge on any atom is 0.256 e. The van der Waals surface area contributed by atoms with Gasteiger partial charge in [-0.3, -0.25) is 14.3 Å². The summed E-state index contributed by atoms with van der Waals surface area (Å²) >= 11 is 0. The number of aromatic nitrogens is 3. The van der Waals surface area contributed by atoms with Crippen molar-refractivity contribution in [2.45, 2.75) is 37.6 Å². The summed E-state index contributed by atoms with van der Waals surface area (Å²) in [6.45, 7) is 0.491. The second-order valence-corrected chi connectivity index (χ2v) is 7.29. The Morgan fingerprint density at radius 2 is 2.15 bits per heavy atom. The molecule has 8 heteroatoms. The molecule has 3 heterocycles. The molecule has 1 saturated carbocycles. The minimum Gasteiger partial charge on any atom is -0.364 e. The van der Waals surface area contributed by atoms with Gasteiger partial charge in [-0.2, -0.15) is 5.10 Å². The van der Waals surface area contributed by atoms with E-state index < -0.39 is 0 Å². The van der Waals surface area contributed by atoms with E-state index in [2.05, 4.69) is 15.6 Å². The van der Waals surface area contributed by atoms with Crippen LogP contribution in [0.25, 0.3) is 0 Å². The van der Waals surface area contributed by atoms with Crippen LogP contribution in [0.15, 0.2) is 23.2 Å². The highest BCUT2D eigenvalue weighted by molar-refractivity contribution is 5.95. The van der Waals surface area contributed by atoms with E-state index in [1.807, 2.05) is 20.3 Å². The van der Waals surface area contributed by atoms with Crippen molar-refractivity contribution >= 4 is 11.8 Å². The lowest BCUT2D eigenvalue weighted by Crippen LogP contribution is -2.44. The Morgan fingerprint density at radius 3 is 2.85 bits per heavy atom. The van der Waals surface area contributed by atoms with Crippen molar-refractivity contribution in [3.63, 3.8) is 0 Å². The molecule has 1 saturated heterocycles. The number of carbonyl (C=O) groups is 2. The summed E-state index contributed by atoms with van der Waals surface area (Å²) in [5.74, 6) is 0.459. The lowest BCUT2D eigenvalue weighted by Gasteiger charge is -2.38. The van der Waals surface area contributed by atoms with Crippen LogP contribution in [0.3, 0.4) is 0 Å². The number of nitrogens with one attached hydrogen (secondary N) is 1. The molecule has 4 rings (SSSR count). The number of amides is 2. The summed E-state index contributed by atoms with van der Waals surface area (Å²) in [4.78, 5) is 26.5. The summed E-state index contributed by atoms with van der Waals surface area (Å²) in [5, 5.41) is 11.2. The Hall–Kier alpha value is -2.64. The summed E-state index contributed by atoms with van der Waals surface area (Å²) in [7, 11) is 3.68. The van der Waals surface area contributed by atoms with Gasteiger partial charge in [0.1, 0.15) is 11.8 Å².